The molecule has 0 saturated carbocycles. The summed E-state index contributed by atoms with van der Waals surface area (Å²) >= 11 is 0. The van der Waals surface area contributed by atoms with E-state index in [1.54, 1.807) is 0 Å². The van der Waals surface area contributed by atoms with E-state index in [2.05, 4.69) is 29.1 Å². The highest BCUT2D eigenvalue weighted by Gasteiger charge is 2.17. The molecule has 0 fully saturated rings. The molecule has 1 N–H and O–H groups in total. The van der Waals surface area contributed by atoms with Crippen LogP contribution in [0.4, 0.5) is 0 Å². The van der Waals surface area contributed by atoms with Crippen LogP contribution in [0.15, 0.2) is 6.07 Å². The molecule has 0 aromatic carbocycles. The number of hydrogen-bond acceptors (Lipinski definition) is 4. The lowest BCUT2D eigenvalue weighted by molar-refractivity contribution is 0.754. The summed E-state index contributed by atoms with van der Waals surface area (Å²) in [4.78, 5) is 8.87. The summed E-state index contributed by atoms with van der Waals surface area (Å²) in [7, 11) is 1.97. The zero-order valence-corrected chi connectivity index (χ0v) is 13.0. The van der Waals surface area contributed by atoms with Crippen molar-refractivity contribution in [2.24, 2.45) is 0 Å². The molecule has 0 aliphatic carbocycles. The molecule has 20 heavy (non-hydrogen) atoms. The highest BCUT2D eigenvalue weighted by molar-refractivity contribution is 5.34. The van der Waals surface area contributed by atoms with Crippen LogP contribution in [0.2, 0.25) is 0 Å². The number of aryl methyl sites for hydroxylation is 3. The van der Waals surface area contributed by atoms with Crippen molar-refractivity contribution in [1.82, 2.24) is 25.1 Å². The van der Waals surface area contributed by atoms with Gasteiger partial charge in [0.15, 0.2) is 5.82 Å². The lowest BCUT2D eigenvalue weighted by Crippen LogP contribution is -2.10. The van der Waals surface area contributed by atoms with E-state index < -0.39 is 0 Å². The van der Waals surface area contributed by atoms with Crippen molar-refractivity contribution in [2.45, 2.75) is 47.1 Å². The van der Waals surface area contributed by atoms with Crippen molar-refractivity contribution in [3.63, 3.8) is 0 Å². The van der Waals surface area contributed by atoms with E-state index in [9.17, 15) is 0 Å². The van der Waals surface area contributed by atoms with Crippen LogP contribution < -0.4 is 5.32 Å². The molecular formula is C15H23N5. The molecule has 0 atom stereocenters. The Morgan fingerprint density at radius 2 is 1.90 bits per heavy atom. The van der Waals surface area contributed by atoms with E-state index >= 15 is 0 Å². The van der Waals surface area contributed by atoms with Crippen molar-refractivity contribution >= 4 is 0 Å². The first-order valence-electron chi connectivity index (χ1n) is 7.17. The average Bonchev–Trinajstić information content (AvgIpc) is 2.76. The summed E-state index contributed by atoms with van der Waals surface area (Å²) in [6.07, 6.45) is 1.87. The smallest absolute Gasteiger partial charge is 0.157 e. The monoisotopic (exact) mass is 273 g/mol. The van der Waals surface area contributed by atoms with Crippen molar-refractivity contribution in [1.29, 1.82) is 0 Å². The van der Waals surface area contributed by atoms with Crippen molar-refractivity contribution in [3.8, 4) is 5.82 Å². The Balaban J connectivity index is 2.60. The summed E-state index contributed by atoms with van der Waals surface area (Å²) in [6, 6.07) is 1.99. The van der Waals surface area contributed by atoms with E-state index in [1.165, 1.54) is 11.3 Å². The Kier molecular flexibility index (Phi) is 4.49. The highest BCUT2D eigenvalue weighted by atomic mass is 15.3. The molecule has 0 aliphatic heterocycles. The number of nitrogens with zero attached hydrogens (tertiary/aromatic N) is 4. The Morgan fingerprint density at radius 3 is 2.45 bits per heavy atom. The van der Waals surface area contributed by atoms with Crippen molar-refractivity contribution < 1.29 is 0 Å². The van der Waals surface area contributed by atoms with Gasteiger partial charge in [0, 0.05) is 23.9 Å². The van der Waals surface area contributed by atoms with Crippen LogP contribution in [0.25, 0.3) is 5.82 Å². The van der Waals surface area contributed by atoms with Crippen LogP contribution in [-0.4, -0.2) is 26.8 Å². The normalized spacial score (nSPS) is 11.1. The van der Waals surface area contributed by atoms with Gasteiger partial charge in [-0.25, -0.2) is 14.6 Å². The summed E-state index contributed by atoms with van der Waals surface area (Å²) in [5.41, 5.74) is 4.64. The quantitative estimate of drug-likeness (QED) is 0.906. The Bertz CT molecular complexity index is 580. The first-order chi connectivity index (χ1) is 9.60. The second-order valence-electron chi connectivity index (χ2n) is 4.94. The molecule has 0 amide bonds. The molecule has 2 rings (SSSR count). The maximum Gasteiger partial charge on any atom is 0.157 e. The van der Waals surface area contributed by atoms with Crippen LogP contribution in [0, 0.1) is 13.8 Å². The fourth-order valence-corrected chi connectivity index (χ4v) is 2.56. The SMILES string of the molecule is CCc1nn(-c2cc(C)nc(C)n2)c(CC)c1CNC. The van der Waals surface area contributed by atoms with Gasteiger partial charge in [-0.05, 0) is 33.7 Å². The molecular weight excluding hydrogens is 250 g/mol. The zero-order chi connectivity index (χ0) is 14.7. The van der Waals surface area contributed by atoms with Crippen LogP contribution >= 0.6 is 0 Å². The van der Waals surface area contributed by atoms with Gasteiger partial charge in [0.2, 0.25) is 0 Å². The lowest BCUT2D eigenvalue weighted by atomic mass is 10.1. The van der Waals surface area contributed by atoms with Gasteiger partial charge in [-0.1, -0.05) is 13.8 Å². The molecule has 0 radical (unpaired) electrons. The van der Waals surface area contributed by atoms with Crippen molar-refractivity contribution in [2.75, 3.05) is 7.05 Å². The first-order valence-corrected chi connectivity index (χ1v) is 7.17. The van der Waals surface area contributed by atoms with Crippen LogP contribution in [0.1, 0.15) is 42.3 Å². The molecule has 2 heterocycles. The number of rotatable bonds is 5. The topological polar surface area (TPSA) is 55.6 Å². The van der Waals surface area contributed by atoms with Gasteiger partial charge < -0.3 is 5.32 Å². The van der Waals surface area contributed by atoms with Crippen LogP contribution in [0.3, 0.4) is 0 Å². The molecule has 0 unspecified atom stereocenters. The third kappa shape index (κ3) is 2.72. The number of nitrogens with one attached hydrogen (secondary N) is 1. The minimum absolute atomic E-state index is 0.783. The molecule has 2 aromatic heterocycles. The van der Waals surface area contributed by atoms with Gasteiger partial charge in [-0.15, -0.1) is 0 Å². The molecule has 0 bridgehead atoms. The zero-order valence-electron chi connectivity index (χ0n) is 13.0. The fourth-order valence-electron chi connectivity index (χ4n) is 2.56. The molecule has 2 aromatic rings. The Hall–Kier alpha value is -1.75. The Labute approximate surface area is 120 Å². The third-order valence-electron chi connectivity index (χ3n) is 3.37. The summed E-state index contributed by atoms with van der Waals surface area (Å²) in [5.74, 6) is 1.65. The predicted molar refractivity (Wildman–Crippen MR) is 80.1 cm³/mol. The van der Waals surface area contributed by atoms with Gasteiger partial charge in [-0.3, -0.25) is 0 Å². The van der Waals surface area contributed by atoms with Crippen molar-refractivity contribution in [3.05, 3.63) is 34.5 Å². The fraction of sp³-hybridized carbons (Fsp3) is 0.533. The van der Waals surface area contributed by atoms with Gasteiger partial charge in [0.25, 0.3) is 0 Å². The maximum absolute atomic E-state index is 4.76. The van der Waals surface area contributed by atoms with Gasteiger partial charge >= 0.3 is 0 Å². The highest BCUT2D eigenvalue weighted by Crippen LogP contribution is 2.19. The maximum atomic E-state index is 4.76. The van der Waals surface area contributed by atoms with Gasteiger partial charge in [-0.2, -0.15) is 5.10 Å². The first kappa shape index (κ1) is 14.7. The molecule has 0 saturated heterocycles. The molecule has 5 nitrogen and oxygen atoms in total. The largest absolute Gasteiger partial charge is 0.316 e. The minimum Gasteiger partial charge on any atom is -0.316 e. The van der Waals surface area contributed by atoms with E-state index in [0.717, 1.165) is 42.4 Å². The van der Waals surface area contributed by atoms with E-state index in [1.807, 2.05) is 31.6 Å². The summed E-state index contributed by atoms with van der Waals surface area (Å²) in [5, 5.41) is 7.99. The summed E-state index contributed by atoms with van der Waals surface area (Å²) in [6.45, 7) is 9.05. The number of hydrogen-bond donors (Lipinski definition) is 1. The third-order valence-corrected chi connectivity index (χ3v) is 3.37. The van der Waals surface area contributed by atoms with Gasteiger partial charge in [0.05, 0.1) is 11.4 Å². The van der Waals surface area contributed by atoms with Crippen LogP contribution in [-0.2, 0) is 19.4 Å². The molecule has 0 aliphatic rings. The number of aromatic nitrogens is 4. The predicted octanol–water partition coefficient (Wildman–Crippen LogP) is 2.12. The van der Waals surface area contributed by atoms with E-state index in [4.69, 9.17) is 5.10 Å². The second-order valence-corrected chi connectivity index (χ2v) is 4.94. The summed E-state index contributed by atoms with van der Waals surface area (Å²) < 4.78 is 1.98. The van der Waals surface area contributed by atoms with Gasteiger partial charge in [0.1, 0.15) is 5.82 Å². The standard InChI is InChI=1S/C15H23N5/c1-6-13-12(9-16-5)14(7-2)20(19-13)15-8-10(3)17-11(4)18-15/h8,16H,6-7,9H2,1-5H3. The van der Waals surface area contributed by atoms with E-state index in [-0.39, 0.29) is 0 Å². The minimum atomic E-state index is 0.783. The van der Waals surface area contributed by atoms with E-state index in [0.29, 0.717) is 0 Å². The Morgan fingerprint density at radius 1 is 1.15 bits per heavy atom. The average molecular weight is 273 g/mol. The van der Waals surface area contributed by atoms with Crippen LogP contribution in [0.5, 0.6) is 0 Å². The molecule has 5 heteroatoms. The lowest BCUT2D eigenvalue weighted by Gasteiger charge is -2.08. The second kappa shape index (κ2) is 6.13. The molecule has 0 spiro atoms. The molecule has 108 valence electrons.